The van der Waals surface area contributed by atoms with Gasteiger partial charge in [-0.3, -0.25) is 0 Å². The molecule has 1 aromatic rings. The number of carbonyl (C=O) groups is 1. The van der Waals surface area contributed by atoms with Gasteiger partial charge in [-0.1, -0.05) is 0 Å². The summed E-state index contributed by atoms with van der Waals surface area (Å²) in [5, 5.41) is 5.49. The first-order chi connectivity index (χ1) is 13.4. The minimum absolute atomic E-state index is 0.106. The van der Waals surface area contributed by atoms with Crippen molar-refractivity contribution in [2.24, 2.45) is 0 Å². The van der Waals surface area contributed by atoms with E-state index in [0.29, 0.717) is 17.1 Å². The molecule has 12 heteroatoms. The maximum Gasteiger partial charge on any atom is 0.456 e. The van der Waals surface area contributed by atoms with E-state index in [2.05, 4.69) is 15.4 Å². The van der Waals surface area contributed by atoms with E-state index in [4.69, 9.17) is 21.7 Å². The van der Waals surface area contributed by atoms with Crippen LogP contribution < -0.4 is 20.1 Å². The van der Waals surface area contributed by atoms with Gasteiger partial charge in [-0.15, -0.1) is 0 Å². The minimum Gasteiger partial charge on any atom is -0.497 e. The van der Waals surface area contributed by atoms with Crippen molar-refractivity contribution in [3.05, 3.63) is 35.0 Å². The number of methoxy groups -OCH3 is 2. The zero-order valence-corrected chi connectivity index (χ0v) is 16.3. The summed E-state index contributed by atoms with van der Waals surface area (Å²) in [4.78, 5) is 12.5. The smallest absolute Gasteiger partial charge is 0.456 e. The first-order valence-corrected chi connectivity index (χ1v) is 8.44. The summed E-state index contributed by atoms with van der Waals surface area (Å²) in [5.41, 5.74) is 0.233. The number of nitrogens with one attached hydrogen (secondary N) is 2. The Morgan fingerprint density at radius 2 is 1.83 bits per heavy atom. The topological polar surface area (TPSA) is 68.8 Å². The number of thiocarbonyl (C=S) groups is 1. The molecule has 1 aliphatic rings. The summed E-state index contributed by atoms with van der Waals surface area (Å²) < 4.78 is 78.0. The molecule has 0 spiro atoms. The van der Waals surface area contributed by atoms with Gasteiger partial charge in [-0.05, 0) is 37.3 Å². The van der Waals surface area contributed by atoms with Crippen molar-refractivity contribution in [1.82, 2.24) is 10.6 Å². The molecule has 1 aromatic carbocycles. The van der Waals surface area contributed by atoms with Crippen molar-refractivity contribution in [2.75, 3.05) is 20.8 Å². The molecule has 1 atom stereocenters. The van der Waals surface area contributed by atoms with Crippen molar-refractivity contribution in [1.29, 1.82) is 0 Å². The number of esters is 1. The Kier molecular flexibility index (Phi) is 6.56. The number of halogens is 5. The van der Waals surface area contributed by atoms with E-state index in [1.807, 2.05) is 0 Å². The third-order valence-electron chi connectivity index (χ3n) is 4.04. The largest absolute Gasteiger partial charge is 0.497 e. The monoisotopic (exact) mass is 440 g/mol. The second-order valence-electron chi connectivity index (χ2n) is 5.96. The minimum atomic E-state index is -5.85. The quantitative estimate of drug-likeness (QED) is 0.400. The second kappa shape index (κ2) is 8.39. The third-order valence-corrected chi connectivity index (χ3v) is 4.26. The average molecular weight is 440 g/mol. The molecule has 0 bridgehead atoms. The lowest BCUT2D eigenvalue weighted by Gasteiger charge is -2.31. The van der Waals surface area contributed by atoms with E-state index >= 15 is 0 Å². The number of hydrogen-bond donors (Lipinski definition) is 2. The Morgan fingerprint density at radius 1 is 1.17 bits per heavy atom. The molecular formula is C17H17F5N2O4S. The molecule has 0 amide bonds. The van der Waals surface area contributed by atoms with Crippen LogP contribution in [0.1, 0.15) is 18.5 Å². The predicted molar refractivity (Wildman–Crippen MR) is 95.8 cm³/mol. The summed E-state index contributed by atoms with van der Waals surface area (Å²) in [5.74, 6) is -5.87. The number of carbonyl (C=O) groups excluding carboxylic acids is 1. The molecule has 0 saturated carbocycles. The number of rotatable bonds is 6. The molecule has 0 aromatic heterocycles. The normalized spacial score (nSPS) is 17.4. The Labute approximate surface area is 168 Å². The summed E-state index contributed by atoms with van der Waals surface area (Å²) in [7, 11) is 2.77. The van der Waals surface area contributed by atoms with Gasteiger partial charge < -0.3 is 24.8 Å². The third kappa shape index (κ3) is 4.86. The van der Waals surface area contributed by atoms with Gasteiger partial charge in [0.25, 0.3) is 0 Å². The Bertz CT molecular complexity index is 842. The second-order valence-corrected chi connectivity index (χ2v) is 6.36. The van der Waals surface area contributed by atoms with Gasteiger partial charge in [0.2, 0.25) is 0 Å². The Balaban J connectivity index is 2.41. The van der Waals surface area contributed by atoms with Crippen molar-refractivity contribution in [2.45, 2.75) is 25.1 Å². The number of benzene rings is 1. The molecule has 29 heavy (non-hydrogen) atoms. The molecule has 2 rings (SSSR count). The molecule has 160 valence electrons. The Hall–Kier alpha value is -2.63. The zero-order chi connectivity index (χ0) is 22.0. The van der Waals surface area contributed by atoms with E-state index in [0.717, 1.165) is 0 Å². The summed E-state index contributed by atoms with van der Waals surface area (Å²) >= 11 is 5.06. The van der Waals surface area contributed by atoms with E-state index in [-0.39, 0.29) is 16.4 Å². The van der Waals surface area contributed by atoms with Crippen LogP contribution in [0.4, 0.5) is 22.0 Å². The fraction of sp³-hybridized carbons (Fsp3) is 0.412. The lowest BCUT2D eigenvalue weighted by molar-refractivity contribution is -0.293. The molecular weight excluding hydrogens is 423 g/mol. The van der Waals surface area contributed by atoms with Gasteiger partial charge in [0.15, 0.2) is 11.7 Å². The molecule has 0 aliphatic carbocycles. The van der Waals surface area contributed by atoms with Crippen LogP contribution >= 0.6 is 12.2 Å². The molecule has 0 radical (unpaired) electrons. The highest BCUT2D eigenvalue weighted by molar-refractivity contribution is 7.80. The van der Waals surface area contributed by atoms with Gasteiger partial charge in [0.1, 0.15) is 11.5 Å². The summed E-state index contributed by atoms with van der Waals surface area (Å²) in [6.45, 7) is -0.746. The van der Waals surface area contributed by atoms with Gasteiger partial charge in [0, 0.05) is 11.3 Å². The molecule has 1 aliphatic heterocycles. The van der Waals surface area contributed by atoms with Crippen LogP contribution in [0.2, 0.25) is 0 Å². The number of alkyl halides is 5. The zero-order valence-electron chi connectivity index (χ0n) is 15.4. The first-order valence-electron chi connectivity index (χ1n) is 8.03. The van der Waals surface area contributed by atoms with Crippen LogP contribution in [0, 0.1) is 0 Å². The highest BCUT2D eigenvalue weighted by atomic mass is 32.1. The van der Waals surface area contributed by atoms with E-state index < -0.39 is 30.7 Å². The first kappa shape index (κ1) is 22.7. The van der Waals surface area contributed by atoms with Crippen LogP contribution in [0.25, 0.3) is 0 Å². The van der Waals surface area contributed by atoms with Crippen LogP contribution in [0.3, 0.4) is 0 Å². The van der Waals surface area contributed by atoms with E-state index in [1.54, 1.807) is 6.07 Å². The molecule has 6 nitrogen and oxygen atoms in total. The molecule has 0 saturated heterocycles. The van der Waals surface area contributed by atoms with E-state index in [1.165, 1.54) is 33.3 Å². The predicted octanol–water partition coefficient (Wildman–Crippen LogP) is 3.24. The summed E-state index contributed by atoms with van der Waals surface area (Å²) in [6.07, 6.45) is -5.85. The van der Waals surface area contributed by atoms with Crippen molar-refractivity contribution < 1.29 is 41.0 Å². The number of allylic oxidation sites excluding steroid dienone is 1. The Morgan fingerprint density at radius 3 is 2.38 bits per heavy atom. The molecule has 0 fully saturated rings. The highest BCUT2D eigenvalue weighted by Gasteiger charge is 2.58. The maximum absolute atomic E-state index is 13.1. The van der Waals surface area contributed by atoms with Crippen molar-refractivity contribution >= 4 is 23.3 Å². The fourth-order valence-corrected chi connectivity index (χ4v) is 2.85. The van der Waals surface area contributed by atoms with Gasteiger partial charge in [0.05, 0.1) is 25.8 Å². The highest BCUT2D eigenvalue weighted by Crippen LogP contribution is 2.38. The molecule has 0 unspecified atom stereocenters. The van der Waals surface area contributed by atoms with Gasteiger partial charge in [-0.2, -0.15) is 22.0 Å². The standard InChI is InChI=1S/C17H17F5N2O4S/c1-8-12(14(25)28-7-16(18,19)17(20,21)22)13(24-15(29)23-8)10-6-9(26-2)4-5-11(10)27-3/h4-6,13H,7H2,1-3H3,(H2,23,24,29)/t13-/m0/s1. The van der Waals surface area contributed by atoms with E-state index in [9.17, 15) is 26.7 Å². The van der Waals surface area contributed by atoms with Gasteiger partial charge in [-0.25, -0.2) is 4.79 Å². The number of hydrogen-bond acceptors (Lipinski definition) is 5. The molecule has 1 heterocycles. The van der Waals surface area contributed by atoms with Crippen molar-refractivity contribution in [3.8, 4) is 11.5 Å². The number of ether oxygens (including phenoxy) is 3. The lowest BCUT2D eigenvalue weighted by atomic mass is 9.94. The SMILES string of the molecule is COc1ccc(OC)c([C@@H]2NC(=S)NC(C)=C2C(=O)OCC(F)(F)C(F)(F)F)c1. The van der Waals surface area contributed by atoms with Crippen molar-refractivity contribution in [3.63, 3.8) is 0 Å². The van der Waals surface area contributed by atoms with Crippen LogP contribution in [0.5, 0.6) is 11.5 Å². The van der Waals surface area contributed by atoms with Gasteiger partial charge >= 0.3 is 18.1 Å². The summed E-state index contributed by atoms with van der Waals surface area (Å²) in [6, 6.07) is 3.59. The van der Waals surface area contributed by atoms with Crippen LogP contribution in [-0.2, 0) is 9.53 Å². The maximum atomic E-state index is 13.1. The van der Waals surface area contributed by atoms with Crippen LogP contribution in [0.15, 0.2) is 29.5 Å². The fourth-order valence-electron chi connectivity index (χ4n) is 2.58. The van der Waals surface area contributed by atoms with Crippen LogP contribution in [-0.4, -0.2) is 44.0 Å². The average Bonchev–Trinajstić information content (AvgIpc) is 2.64. The lowest BCUT2D eigenvalue weighted by Crippen LogP contribution is -2.46. The molecule has 2 N–H and O–H groups in total.